The molecule has 9 heteroatoms. The van der Waals surface area contributed by atoms with E-state index in [0.29, 0.717) is 37.4 Å². The first-order valence-corrected chi connectivity index (χ1v) is 13.9. The summed E-state index contributed by atoms with van der Waals surface area (Å²) >= 11 is 0. The van der Waals surface area contributed by atoms with E-state index in [2.05, 4.69) is 10.5 Å². The van der Waals surface area contributed by atoms with Crippen LogP contribution < -0.4 is 10.1 Å². The molecule has 2 aliphatic rings. The van der Waals surface area contributed by atoms with Gasteiger partial charge in [-0.1, -0.05) is 49.0 Å². The summed E-state index contributed by atoms with van der Waals surface area (Å²) in [6, 6.07) is 7.69. The largest absolute Gasteiger partial charge is 0.497 e. The lowest BCUT2D eigenvalue weighted by Crippen LogP contribution is -2.45. The van der Waals surface area contributed by atoms with Crippen LogP contribution in [-0.4, -0.2) is 50.0 Å². The molecule has 1 N–H and O–H groups in total. The minimum Gasteiger partial charge on any atom is -0.497 e. The highest BCUT2D eigenvalue weighted by molar-refractivity contribution is 7.89. The molecule has 1 aromatic heterocycles. The van der Waals surface area contributed by atoms with Gasteiger partial charge in [0.15, 0.2) is 10.7 Å². The van der Waals surface area contributed by atoms with Gasteiger partial charge in [0.2, 0.25) is 15.9 Å². The van der Waals surface area contributed by atoms with Crippen LogP contribution in [0, 0.1) is 12.8 Å². The Morgan fingerprint density at radius 2 is 1.83 bits per heavy atom. The molecule has 0 spiro atoms. The van der Waals surface area contributed by atoms with Gasteiger partial charge in [0, 0.05) is 25.0 Å². The van der Waals surface area contributed by atoms with E-state index in [9.17, 15) is 13.2 Å². The Morgan fingerprint density at radius 3 is 2.51 bits per heavy atom. The Labute approximate surface area is 207 Å². The quantitative estimate of drug-likeness (QED) is 0.564. The maximum Gasteiger partial charge on any atom is 0.248 e. The molecule has 1 aliphatic carbocycles. The van der Waals surface area contributed by atoms with Gasteiger partial charge in [0.05, 0.1) is 7.11 Å². The SMILES string of the molecule is COc1cccc(/C=C/c2onc(C)c2S(=O)(=O)N2CCC(C(=O)NC3CCCCCC3)CC2)c1. The standard InChI is InChI=1S/C26H35N3O5S/c1-19-25(24(34-28-19)13-12-20-8-7-11-23(18-20)33-2)35(31,32)29-16-14-21(15-17-29)26(30)27-22-9-5-3-4-6-10-22/h7-8,11-13,18,21-22H,3-6,9-10,14-17H2,1-2H3,(H,27,30)/b13-12+. The molecule has 2 heterocycles. The molecule has 1 saturated heterocycles. The highest BCUT2D eigenvalue weighted by Gasteiger charge is 2.36. The average molecular weight is 502 g/mol. The molecule has 4 rings (SSSR count). The average Bonchev–Trinajstić information content (AvgIpc) is 3.06. The molecule has 8 nitrogen and oxygen atoms in total. The van der Waals surface area contributed by atoms with Crippen LogP contribution in [0.3, 0.4) is 0 Å². The summed E-state index contributed by atoms with van der Waals surface area (Å²) in [5.74, 6) is 0.816. The van der Waals surface area contributed by atoms with Crippen molar-refractivity contribution in [3.63, 3.8) is 0 Å². The predicted molar refractivity (Wildman–Crippen MR) is 134 cm³/mol. The first kappa shape index (κ1) is 25.4. The van der Waals surface area contributed by atoms with Gasteiger partial charge in [-0.25, -0.2) is 8.42 Å². The third-order valence-corrected chi connectivity index (χ3v) is 9.04. The van der Waals surface area contributed by atoms with E-state index >= 15 is 0 Å². The number of methoxy groups -OCH3 is 1. The summed E-state index contributed by atoms with van der Waals surface area (Å²) in [6.07, 6.45) is 11.3. The summed E-state index contributed by atoms with van der Waals surface area (Å²) in [6.45, 7) is 2.23. The Bertz CT molecular complexity index is 1140. The predicted octanol–water partition coefficient (Wildman–Crippen LogP) is 4.40. The number of nitrogens with one attached hydrogen (secondary N) is 1. The normalized spacial score (nSPS) is 19.0. The van der Waals surface area contributed by atoms with Crippen molar-refractivity contribution >= 4 is 28.1 Å². The van der Waals surface area contributed by atoms with Gasteiger partial charge >= 0.3 is 0 Å². The molecule has 0 bridgehead atoms. The zero-order valence-corrected chi connectivity index (χ0v) is 21.4. The lowest BCUT2D eigenvalue weighted by atomic mass is 9.96. The van der Waals surface area contributed by atoms with Crippen molar-refractivity contribution in [2.24, 2.45) is 5.92 Å². The second-order valence-corrected chi connectivity index (χ2v) is 11.3. The number of nitrogens with zero attached hydrogens (tertiary/aromatic N) is 2. The number of sulfonamides is 1. The molecule has 2 aromatic rings. The highest BCUT2D eigenvalue weighted by atomic mass is 32.2. The van der Waals surface area contributed by atoms with Crippen molar-refractivity contribution in [1.29, 1.82) is 0 Å². The van der Waals surface area contributed by atoms with E-state index in [1.807, 2.05) is 24.3 Å². The maximum atomic E-state index is 13.5. The van der Waals surface area contributed by atoms with E-state index in [0.717, 1.165) is 31.2 Å². The molecule has 1 saturated carbocycles. The number of hydrogen-bond donors (Lipinski definition) is 1. The van der Waals surface area contributed by atoms with Crippen LogP contribution >= 0.6 is 0 Å². The zero-order valence-electron chi connectivity index (χ0n) is 20.5. The summed E-state index contributed by atoms with van der Waals surface area (Å²) in [7, 11) is -2.21. The van der Waals surface area contributed by atoms with E-state index in [-0.39, 0.29) is 28.5 Å². The number of rotatable bonds is 7. The van der Waals surface area contributed by atoms with Crippen LogP contribution in [0.15, 0.2) is 33.7 Å². The van der Waals surface area contributed by atoms with Crippen molar-refractivity contribution in [2.45, 2.75) is 69.2 Å². The number of carbonyl (C=O) groups is 1. The fourth-order valence-corrected chi connectivity index (χ4v) is 6.67. The van der Waals surface area contributed by atoms with E-state index in [1.54, 1.807) is 26.2 Å². The van der Waals surface area contributed by atoms with Crippen molar-refractivity contribution < 1.29 is 22.5 Å². The number of carbonyl (C=O) groups excluding carboxylic acids is 1. The number of aromatic nitrogens is 1. The number of hydrogen-bond acceptors (Lipinski definition) is 6. The van der Waals surface area contributed by atoms with Crippen LogP contribution in [0.1, 0.15) is 68.4 Å². The molecule has 1 amide bonds. The van der Waals surface area contributed by atoms with Crippen molar-refractivity contribution in [2.75, 3.05) is 20.2 Å². The molecular weight excluding hydrogens is 466 g/mol. The van der Waals surface area contributed by atoms with Crippen LogP contribution in [0.25, 0.3) is 12.2 Å². The number of ether oxygens (including phenoxy) is 1. The number of piperidine rings is 1. The minimum absolute atomic E-state index is 0.0667. The number of aryl methyl sites for hydroxylation is 1. The number of benzene rings is 1. The van der Waals surface area contributed by atoms with Gasteiger partial charge in [-0.2, -0.15) is 4.31 Å². The third-order valence-electron chi connectivity index (χ3n) is 6.98. The molecule has 0 unspecified atom stereocenters. The maximum absolute atomic E-state index is 13.5. The second kappa shape index (κ2) is 11.4. The van der Waals surface area contributed by atoms with E-state index in [1.165, 1.54) is 17.1 Å². The lowest BCUT2D eigenvalue weighted by molar-refractivity contribution is -0.126. The fraction of sp³-hybridized carbons (Fsp3) is 0.538. The molecule has 0 radical (unpaired) electrons. The van der Waals surface area contributed by atoms with Crippen molar-refractivity contribution in [3.8, 4) is 5.75 Å². The highest BCUT2D eigenvalue weighted by Crippen LogP contribution is 2.30. The van der Waals surface area contributed by atoms with Gasteiger partial charge in [-0.3, -0.25) is 4.79 Å². The molecule has 0 atom stereocenters. The molecular formula is C26H35N3O5S. The Hall–Kier alpha value is -2.65. The van der Waals surface area contributed by atoms with Gasteiger partial charge in [0.25, 0.3) is 0 Å². The first-order chi connectivity index (χ1) is 16.9. The van der Waals surface area contributed by atoms with Gasteiger partial charge in [-0.15, -0.1) is 0 Å². The fourth-order valence-electron chi connectivity index (χ4n) is 4.95. The summed E-state index contributed by atoms with van der Waals surface area (Å²) < 4.78 is 39.1. The van der Waals surface area contributed by atoms with E-state index in [4.69, 9.17) is 9.26 Å². The Balaban J connectivity index is 1.42. The van der Waals surface area contributed by atoms with Crippen molar-refractivity contribution in [1.82, 2.24) is 14.8 Å². The zero-order chi connectivity index (χ0) is 24.8. The third kappa shape index (κ3) is 6.13. The molecule has 190 valence electrons. The smallest absolute Gasteiger partial charge is 0.248 e. The molecule has 1 aliphatic heterocycles. The van der Waals surface area contributed by atoms with Crippen LogP contribution in [0.2, 0.25) is 0 Å². The van der Waals surface area contributed by atoms with Gasteiger partial charge in [0.1, 0.15) is 11.4 Å². The van der Waals surface area contributed by atoms with Crippen LogP contribution in [0.4, 0.5) is 0 Å². The van der Waals surface area contributed by atoms with Crippen molar-refractivity contribution in [3.05, 3.63) is 41.3 Å². The van der Waals surface area contributed by atoms with Crippen LogP contribution in [0.5, 0.6) is 5.75 Å². The lowest BCUT2D eigenvalue weighted by Gasteiger charge is -2.31. The topological polar surface area (TPSA) is 102 Å². The van der Waals surface area contributed by atoms with Gasteiger partial charge in [-0.05, 0) is 56.4 Å². The van der Waals surface area contributed by atoms with E-state index < -0.39 is 10.0 Å². The first-order valence-electron chi connectivity index (χ1n) is 12.5. The minimum atomic E-state index is -3.81. The number of amides is 1. The summed E-state index contributed by atoms with van der Waals surface area (Å²) in [4.78, 5) is 12.9. The molecule has 2 fully saturated rings. The summed E-state index contributed by atoms with van der Waals surface area (Å²) in [5, 5.41) is 7.14. The molecule has 35 heavy (non-hydrogen) atoms. The second-order valence-electron chi connectivity index (χ2n) is 9.45. The van der Waals surface area contributed by atoms with Crippen LogP contribution in [-0.2, 0) is 14.8 Å². The molecule has 1 aromatic carbocycles. The summed E-state index contributed by atoms with van der Waals surface area (Å²) in [5.41, 5.74) is 1.17. The van der Waals surface area contributed by atoms with Gasteiger partial charge < -0.3 is 14.6 Å². The Morgan fingerprint density at radius 1 is 1.11 bits per heavy atom. The Kier molecular flexibility index (Phi) is 8.28. The monoisotopic (exact) mass is 501 g/mol.